The van der Waals surface area contributed by atoms with E-state index in [0.717, 1.165) is 25.7 Å². The van der Waals surface area contributed by atoms with Crippen molar-refractivity contribution >= 4 is 5.91 Å². The SMILES string of the molecule is CCCC1(C(=O)NC)CC1. The summed E-state index contributed by atoms with van der Waals surface area (Å²) in [6.45, 7) is 2.13. The van der Waals surface area contributed by atoms with Crippen LogP contribution in [0.5, 0.6) is 0 Å². The van der Waals surface area contributed by atoms with E-state index in [-0.39, 0.29) is 11.3 Å². The second-order valence-electron chi connectivity index (χ2n) is 3.11. The van der Waals surface area contributed by atoms with Crippen molar-refractivity contribution in [1.82, 2.24) is 5.32 Å². The number of carbonyl (C=O) groups excluding carboxylic acids is 1. The van der Waals surface area contributed by atoms with Gasteiger partial charge in [-0.2, -0.15) is 0 Å². The van der Waals surface area contributed by atoms with Gasteiger partial charge >= 0.3 is 0 Å². The molecule has 1 amide bonds. The molecule has 1 fully saturated rings. The van der Waals surface area contributed by atoms with Gasteiger partial charge in [0.15, 0.2) is 0 Å². The maximum absolute atomic E-state index is 11.2. The highest BCUT2D eigenvalue weighted by atomic mass is 16.2. The van der Waals surface area contributed by atoms with Gasteiger partial charge in [0.2, 0.25) is 5.91 Å². The van der Waals surface area contributed by atoms with E-state index in [2.05, 4.69) is 12.2 Å². The number of hydrogen-bond donors (Lipinski definition) is 1. The summed E-state index contributed by atoms with van der Waals surface area (Å²) in [5.74, 6) is 0.245. The summed E-state index contributed by atoms with van der Waals surface area (Å²) >= 11 is 0. The van der Waals surface area contributed by atoms with Crippen LogP contribution in [0, 0.1) is 5.41 Å². The molecule has 0 aromatic rings. The van der Waals surface area contributed by atoms with Crippen molar-refractivity contribution in [2.75, 3.05) is 7.05 Å². The summed E-state index contributed by atoms with van der Waals surface area (Å²) in [7, 11) is 1.72. The Hall–Kier alpha value is -0.530. The Labute approximate surface area is 62.0 Å². The molecule has 2 heteroatoms. The number of rotatable bonds is 3. The third kappa shape index (κ3) is 1.15. The maximum atomic E-state index is 11.2. The van der Waals surface area contributed by atoms with Crippen molar-refractivity contribution < 1.29 is 4.79 Å². The summed E-state index contributed by atoms with van der Waals surface area (Å²) in [6.07, 6.45) is 4.38. The van der Waals surface area contributed by atoms with Gasteiger partial charge in [-0.1, -0.05) is 13.3 Å². The minimum atomic E-state index is 0.0590. The fourth-order valence-corrected chi connectivity index (χ4v) is 1.49. The topological polar surface area (TPSA) is 29.1 Å². The predicted molar refractivity (Wildman–Crippen MR) is 40.6 cm³/mol. The molecule has 0 spiro atoms. The normalized spacial score (nSPS) is 20.2. The molecule has 0 saturated heterocycles. The molecule has 0 radical (unpaired) electrons. The van der Waals surface area contributed by atoms with Gasteiger partial charge in [0, 0.05) is 12.5 Å². The van der Waals surface area contributed by atoms with Crippen LogP contribution in [0.25, 0.3) is 0 Å². The van der Waals surface area contributed by atoms with E-state index < -0.39 is 0 Å². The van der Waals surface area contributed by atoms with Crippen LogP contribution >= 0.6 is 0 Å². The van der Waals surface area contributed by atoms with Crippen molar-refractivity contribution in [3.8, 4) is 0 Å². The second kappa shape index (κ2) is 2.60. The van der Waals surface area contributed by atoms with E-state index in [1.165, 1.54) is 0 Å². The van der Waals surface area contributed by atoms with Gasteiger partial charge in [0.1, 0.15) is 0 Å². The largest absolute Gasteiger partial charge is 0.359 e. The molecule has 2 nitrogen and oxygen atoms in total. The van der Waals surface area contributed by atoms with Crippen LogP contribution in [0.4, 0.5) is 0 Å². The Morgan fingerprint density at radius 2 is 2.20 bits per heavy atom. The molecule has 1 N–H and O–H groups in total. The summed E-state index contributed by atoms with van der Waals surface area (Å²) in [6, 6.07) is 0. The number of amides is 1. The van der Waals surface area contributed by atoms with Crippen LogP contribution in [-0.2, 0) is 4.79 Å². The average molecular weight is 141 g/mol. The molecule has 0 unspecified atom stereocenters. The first-order valence-corrected chi connectivity index (χ1v) is 3.97. The van der Waals surface area contributed by atoms with Crippen molar-refractivity contribution in [1.29, 1.82) is 0 Å². The molecule has 0 atom stereocenters. The molecule has 1 rings (SSSR count). The summed E-state index contributed by atoms with van der Waals surface area (Å²) < 4.78 is 0. The van der Waals surface area contributed by atoms with Gasteiger partial charge in [-0.05, 0) is 19.3 Å². The molecule has 1 saturated carbocycles. The molecule has 1 aliphatic rings. The van der Waals surface area contributed by atoms with Crippen molar-refractivity contribution in [2.45, 2.75) is 32.6 Å². The van der Waals surface area contributed by atoms with Gasteiger partial charge in [-0.3, -0.25) is 4.79 Å². The van der Waals surface area contributed by atoms with E-state index in [1.807, 2.05) is 0 Å². The lowest BCUT2D eigenvalue weighted by atomic mass is 10.0. The lowest BCUT2D eigenvalue weighted by molar-refractivity contribution is -0.126. The van der Waals surface area contributed by atoms with Gasteiger partial charge < -0.3 is 5.32 Å². The van der Waals surface area contributed by atoms with E-state index >= 15 is 0 Å². The molecule has 10 heavy (non-hydrogen) atoms. The highest BCUT2D eigenvalue weighted by Gasteiger charge is 2.47. The lowest BCUT2D eigenvalue weighted by Gasteiger charge is -2.10. The first-order valence-electron chi connectivity index (χ1n) is 3.97. The van der Waals surface area contributed by atoms with Crippen LogP contribution in [0.1, 0.15) is 32.6 Å². The Morgan fingerprint density at radius 1 is 1.60 bits per heavy atom. The Morgan fingerprint density at radius 3 is 2.50 bits per heavy atom. The third-order valence-electron chi connectivity index (χ3n) is 2.29. The molecule has 0 aromatic heterocycles. The van der Waals surface area contributed by atoms with Crippen molar-refractivity contribution in [3.05, 3.63) is 0 Å². The fourth-order valence-electron chi connectivity index (χ4n) is 1.49. The number of carbonyl (C=O) groups is 1. The minimum Gasteiger partial charge on any atom is -0.359 e. The molecular weight excluding hydrogens is 126 g/mol. The zero-order valence-corrected chi connectivity index (χ0v) is 6.74. The quantitative estimate of drug-likeness (QED) is 0.631. The van der Waals surface area contributed by atoms with E-state index in [0.29, 0.717) is 0 Å². The Kier molecular flexibility index (Phi) is 1.97. The van der Waals surface area contributed by atoms with Gasteiger partial charge in [-0.25, -0.2) is 0 Å². The average Bonchev–Trinajstić information content (AvgIpc) is 2.69. The second-order valence-corrected chi connectivity index (χ2v) is 3.11. The molecule has 0 heterocycles. The monoisotopic (exact) mass is 141 g/mol. The molecule has 0 aromatic carbocycles. The van der Waals surface area contributed by atoms with Crippen molar-refractivity contribution in [3.63, 3.8) is 0 Å². The highest BCUT2D eigenvalue weighted by Crippen LogP contribution is 2.49. The number of hydrogen-bond acceptors (Lipinski definition) is 1. The smallest absolute Gasteiger partial charge is 0.225 e. The van der Waals surface area contributed by atoms with E-state index in [1.54, 1.807) is 7.05 Å². The van der Waals surface area contributed by atoms with Crippen LogP contribution in [0.3, 0.4) is 0 Å². The standard InChI is InChI=1S/C8H15NO/c1-3-4-8(5-6-8)7(10)9-2/h3-6H2,1-2H3,(H,9,10). The molecule has 0 bridgehead atoms. The molecular formula is C8H15NO. The minimum absolute atomic E-state index is 0.0590. The zero-order valence-electron chi connectivity index (χ0n) is 6.74. The lowest BCUT2D eigenvalue weighted by Crippen LogP contribution is -2.28. The number of nitrogens with one attached hydrogen (secondary N) is 1. The maximum Gasteiger partial charge on any atom is 0.225 e. The van der Waals surface area contributed by atoms with Gasteiger partial charge in [-0.15, -0.1) is 0 Å². The fraction of sp³-hybridized carbons (Fsp3) is 0.875. The Balaban J connectivity index is 2.43. The van der Waals surface area contributed by atoms with E-state index in [4.69, 9.17) is 0 Å². The molecule has 58 valence electrons. The van der Waals surface area contributed by atoms with Gasteiger partial charge in [0.25, 0.3) is 0 Å². The summed E-state index contributed by atoms with van der Waals surface area (Å²) in [5.41, 5.74) is 0.0590. The highest BCUT2D eigenvalue weighted by molar-refractivity contribution is 5.84. The summed E-state index contributed by atoms with van der Waals surface area (Å²) in [5, 5.41) is 2.71. The van der Waals surface area contributed by atoms with E-state index in [9.17, 15) is 4.79 Å². The van der Waals surface area contributed by atoms with Crippen LogP contribution in [-0.4, -0.2) is 13.0 Å². The first-order chi connectivity index (χ1) is 4.75. The molecule has 1 aliphatic carbocycles. The molecule has 0 aliphatic heterocycles. The van der Waals surface area contributed by atoms with Crippen LogP contribution < -0.4 is 5.32 Å². The third-order valence-corrected chi connectivity index (χ3v) is 2.29. The van der Waals surface area contributed by atoms with Gasteiger partial charge in [0.05, 0.1) is 0 Å². The van der Waals surface area contributed by atoms with Crippen LogP contribution in [0.15, 0.2) is 0 Å². The zero-order chi connectivity index (χ0) is 7.61. The van der Waals surface area contributed by atoms with Crippen LogP contribution in [0.2, 0.25) is 0 Å². The predicted octanol–water partition coefficient (Wildman–Crippen LogP) is 1.31. The Bertz CT molecular complexity index is 138. The first kappa shape index (κ1) is 7.58. The summed E-state index contributed by atoms with van der Waals surface area (Å²) in [4.78, 5) is 11.2. The van der Waals surface area contributed by atoms with Crippen molar-refractivity contribution in [2.24, 2.45) is 5.41 Å².